The first kappa shape index (κ1) is 40.8. The number of carbonyl (C=O) groups excluding carboxylic acids is 4. The molecule has 0 unspecified atom stereocenters. The van der Waals surface area contributed by atoms with Crippen molar-refractivity contribution in [1.29, 1.82) is 0 Å². The van der Waals surface area contributed by atoms with Crippen LogP contribution in [0.5, 0.6) is 23.0 Å². The zero-order valence-corrected chi connectivity index (χ0v) is 32.2. The van der Waals surface area contributed by atoms with Crippen LogP contribution in [-0.2, 0) is 44.9 Å². The summed E-state index contributed by atoms with van der Waals surface area (Å²) < 4.78 is 26.0. The van der Waals surface area contributed by atoms with Crippen LogP contribution in [0.4, 0.5) is 22.7 Å². The van der Waals surface area contributed by atoms with Crippen LogP contribution >= 0.6 is 0 Å². The number of isocyanates is 4. The predicted molar refractivity (Wildman–Crippen MR) is 211 cm³/mol. The van der Waals surface area contributed by atoms with Crippen LogP contribution < -0.4 is 18.9 Å². The van der Waals surface area contributed by atoms with E-state index in [4.69, 9.17) is 18.9 Å². The molecule has 4 aromatic rings. The Bertz CT molecular complexity index is 1850. The Hall–Kier alpha value is -6.40. The molecule has 0 heterocycles. The average Bonchev–Trinajstić information content (AvgIpc) is 3.17. The predicted octanol–water partition coefficient (Wildman–Crippen LogP) is 9.39. The first-order valence-corrected chi connectivity index (χ1v) is 18.9. The fourth-order valence-electron chi connectivity index (χ4n) is 6.84. The molecule has 0 fully saturated rings. The summed E-state index contributed by atoms with van der Waals surface area (Å²) in [6.45, 7) is 9.64. The first-order chi connectivity index (χ1) is 27.4. The van der Waals surface area contributed by atoms with Gasteiger partial charge in [0.2, 0.25) is 24.3 Å². The second kappa shape index (κ2) is 20.3. The van der Waals surface area contributed by atoms with Crippen molar-refractivity contribution in [2.45, 2.75) is 79.1 Å². The SMILES string of the molecule is CCCOc1c2cc(N=C=O)cc1Cc1cc(N=C=O)cc(c1OCCC)Cc1cc(N=C=O)cc(c1OCCC)Cc1cc(N=C=O)cc(c1OCCC)C2. The van der Waals surface area contributed by atoms with E-state index in [1.54, 1.807) is 72.9 Å². The summed E-state index contributed by atoms with van der Waals surface area (Å²) in [6.07, 6.45) is 10.5. The zero-order chi connectivity index (χ0) is 39.9. The van der Waals surface area contributed by atoms with Crippen LogP contribution in [0.15, 0.2) is 68.5 Å². The molecule has 56 heavy (non-hydrogen) atoms. The first-order valence-electron chi connectivity index (χ1n) is 18.9. The van der Waals surface area contributed by atoms with Gasteiger partial charge in [-0.25, -0.2) is 19.2 Å². The van der Waals surface area contributed by atoms with Crippen LogP contribution in [0.1, 0.15) is 97.9 Å². The van der Waals surface area contributed by atoms with Crippen molar-refractivity contribution in [1.82, 2.24) is 0 Å². The lowest BCUT2D eigenvalue weighted by molar-refractivity contribution is 0.304. The van der Waals surface area contributed by atoms with Crippen molar-refractivity contribution in [3.8, 4) is 23.0 Å². The lowest BCUT2D eigenvalue weighted by Gasteiger charge is -2.23. The van der Waals surface area contributed by atoms with E-state index in [-0.39, 0.29) is 25.7 Å². The van der Waals surface area contributed by atoms with Crippen LogP contribution in [-0.4, -0.2) is 50.7 Å². The van der Waals surface area contributed by atoms with Gasteiger partial charge < -0.3 is 18.9 Å². The van der Waals surface area contributed by atoms with E-state index in [0.29, 0.717) is 117 Å². The number of fused-ring (bicyclic) bond motifs is 8. The summed E-state index contributed by atoms with van der Waals surface area (Å²) in [6, 6.07) is 14.2. The van der Waals surface area contributed by atoms with E-state index in [2.05, 4.69) is 20.0 Å². The van der Waals surface area contributed by atoms with E-state index < -0.39 is 0 Å². The third kappa shape index (κ3) is 10.0. The average molecular weight is 757 g/mol. The summed E-state index contributed by atoms with van der Waals surface area (Å²) in [5.41, 5.74) is 7.06. The van der Waals surface area contributed by atoms with Gasteiger partial charge in [0.05, 0.1) is 49.2 Å². The van der Waals surface area contributed by atoms with Gasteiger partial charge in [-0.2, -0.15) is 20.0 Å². The molecular weight excluding hydrogens is 713 g/mol. The minimum absolute atomic E-state index is 0.238. The monoisotopic (exact) mass is 756 g/mol. The van der Waals surface area contributed by atoms with Gasteiger partial charge in [-0.15, -0.1) is 0 Å². The number of hydrogen-bond acceptors (Lipinski definition) is 12. The smallest absolute Gasteiger partial charge is 0.240 e. The van der Waals surface area contributed by atoms with Crippen LogP contribution in [0.25, 0.3) is 0 Å². The van der Waals surface area contributed by atoms with Gasteiger partial charge in [-0.3, -0.25) is 0 Å². The Morgan fingerprint density at radius 2 is 0.554 bits per heavy atom. The Labute approximate surface area is 326 Å². The molecule has 1 aliphatic rings. The number of ether oxygens (including phenoxy) is 4. The molecule has 0 aromatic heterocycles. The maximum absolute atomic E-state index is 11.7. The molecule has 12 heteroatoms. The van der Waals surface area contributed by atoms with E-state index in [1.807, 2.05) is 27.7 Å². The second-order valence-electron chi connectivity index (χ2n) is 13.3. The van der Waals surface area contributed by atoms with Crippen molar-refractivity contribution in [2.75, 3.05) is 26.4 Å². The fourth-order valence-corrected chi connectivity index (χ4v) is 6.84. The van der Waals surface area contributed by atoms with Gasteiger partial charge in [0, 0.05) is 70.2 Å². The molecule has 8 bridgehead atoms. The van der Waals surface area contributed by atoms with Gasteiger partial charge in [0.1, 0.15) is 23.0 Å². The van der Waals surface area contributed by atoms with Crippen molar-refractivity contribution < 1.29 is 38.1 Å². The molecule has 0 radical (unpaired) electrons. The Balaban J connectivity index is 1.96. The normalized spacial score (nSPS) is 11.5. The molecule has 0 saturated carbocycles. The van der Waals surface area contributed by atoms with Crippen LogP contribution in [0, 0.1) is 0 Å². The summed E-state index contributed by atoms with van der Waals surface area (Å²) in [4.78, 5) is 62.9. The van der Waals surface area contributed by atoms with Crippen molar-refractivity contribution in [3.63, 3.8) is 0 Å². The van der Waals surface area contributed by atoms with E-state index in [9.17, 15) is 19.2 Å². The lowest BCUT2D eigenvalue weighted by atomic mass is 9.90. The summed E-state index contributed by atoms with van der Waals surface area (Å²) in [5, 5.41) is 0. The fraction of sp³-hybridized carbons (Fsp3) is 0.364. The summed E-state index contributed by atoms with van der Waals surface area (Å²) in [5.74, 6) is 2.33. The van der Waals surface area contributed by atoms with Gasteiger partial charge in [-0.05, 0) is 74.2 Å². The molecule has 0 aliphatic heterocycles. The molecule has 4 aromatic carbocycles. The molecule has 0 saturated heterocycles. The van der Waals surface area contributed by atoms with Crippen molar-refractivity contribution >= 4 is 47.1 Å². The van der Waals surface area contributed by atoms with Gasteiger partial charge in [0.25, 0.3) is 0 Å². The molecule has 0 atom stereocenters. The number of aliphatic imine (C=N–C) groups is 4. The number of rotatable bonds is 16. The lowest BCUT2D eigenvalue weighted by Crippen LogP contribution is -2.10. The van der Waals surface area contributed by atoms with Crippen molar-refractivity contribution in [2.24, 2.45) is 20.0 Å². The van der Waals surface area contributed by atoms with Gasteiger partial charge in [0.15, 0.2) is 0 Å². The van der Waals surface area contributed by atoms with Crippen LogP contribution in [0.3, 0.4) is 0 Å². The number of hydrogen-bond donors (Lipinski definition) is 0. The van der Waals surface area contributed by atoms with Crippen molar-refractivity contribution in [3.05, 3.63) is 93.0 Å². The third-order valence-corrected chi connectivity index (χ3v) is 8.93. The van der Waals surface area contributed by atoms with Gasteiger partial charge >= 0.3 is 0 Å². The quantitative estimate of drug-likeness (QED) is 0.0713. The Morgan fingerprint density at radius 1 is 0.375 bits per heavy atom. The summed E-state index contributed by atoms with van der Waals surface area (Å²) >= 11 is 0. The Morgan fingerprint density at radius 3 is 0.696 bits per heavy atom. The molecule has 0 amide bonds. The van der Waals surface area contributed by atoms with Crippen LogP contribution in [0.2, 0.25) is 0 Å². The van der Waals surface area contributed by atoms with E-state index in [0.717, 1.165) is 25.7 Å². The molecule has 0 N–H and O–H groups in total. The highest BCUT2D eigenvalue weighted by atomic mass is 16.5. The highest BCUT2D eigenvalue weighted by Gasteiger charge is 2.24. The number of benzene rings is 4. The topological polar surface area (TPSA) is 155 Å². The maximum Gasteiger partial charge on any atom is 0.240 e. The highest BCUT2D eigenvalue weighted by Crippen LogP contribution is 2.43. The molecular formula is C44H44N4O8. The van der Waals surface area contributed by atoms with Gasteiger partial charge in [-0.1, -0.05) is 27.7 Å². The van der Waals surface area contributed by atoms with E-state index in [1.165, 1.54) is 0 Å². The zero-order valence-electron chi connectivity index (χ0n) is 32.2. The molecule has 288 valence electrons. The van der Waals surface area contributed by atoms with E-state index >= 15 is 0 Å². The standard InChI is InChI=1S/C44H44N4O8/c1-5-9-53-41-29-13-31-19-38(46-26-50)21-33(42(31)54-10-6-2)15-35-23-40(48-28-52)24-36(44(35)56-12-8-4)16-34-22-39(47-27-51)20-32(43(34)55-11-7-3)14-30(41)18-37(17-29)45-25-49/h17-24H,5-16H2,1-4H3. The minimum atomic E-state index is 0.238. The second-order valence-corrected chi connectivity index (χ2v) is 13.3. The molecule has 5 rings (SSSR count). The minimum Gasteiger partial charge on any atom is -0.493 e. The molecule has 12 nitrogen and oxygen atoms in total. The summed E-state index contributed by atoms with van der Waals surface area (Å²) in [7, 11) is 0. The maximum atomic E-state index is 11.7. The largest absolute Gasteiger partial charge is 0.493 e. The molecule has 0 spiro atoms. The Kier molecular flexibility index (Phi) is 14.8. The number of nitrogens with zero attached hydrogens (tertiary/aromatic N) is 4. The highest BCUT2D eigenvalue weighted by molar-refractivity contribution is 5.67. The third-order valence-electron chi connectivity index (χ3n) is 8.93. The molecule has 1 aliphatic carbocycles.